The fraction of sp³-hybridized carbons (Fsp3) is 0.115. The lowest BCUT2D eigenvalue weighted by atomic mass is 10.1. The average Bonchev–Trinajstić information content (AvgIpc) is 2.91. The molecular formula is C26H20N4O4S. The van der Waals surface area contributed by atoms with Gasteiger partial charge < -0.3 is 9.47 Å². The van der Waals surface area contributed by atoms with Gasteiger partial charge >= 0.3 is 0 Å². The highest BCUT2D eigenvalue weighted by atomic mass is 32.2. The second-order valence-electron chi connectivity index (χ2n) is 7.56. The summed E-state index contributed by atoms with van der Waals surface area (Å²) < 4.78 is 12.1. The van der Waals surface area contributed by atoms with Crippen molar-refractivity contribution in [2.75, 3.05) is 20.0 Å². The van der Waals surface area contributed by atoms with Crippen LogP contribution in [-0.4, -0.2) is 45.3 Å². The van der Waals surface area contributed by atoms with Crippen LogP contribution in [-0.2, 0) is 0 Å². The van der Waals surface area contributed by atoms with Crippen LogP contribution in [0.25, 0.3) is 27.8 Å². The van der Waals surface area contributed by atoms with Crippen LogP contribution in [0.4, 0.5) is 0 Å². The third-order valence-electron chi connectivity index (χ3n) is 5.44. The van der Waals surface area contributed by atoms with Gasteiger partial charge in [-0.3, -0.25) is 9.59 Å². The molecule has 3 aromatic carbocycles. The van der Waals surface area contributed by atoms with E-state index in [0.29, 0.717) is 44.3 Å². The summed E-state index contributed by atoms with van der Waals surface area (Å²) in [5.41, 5.74) is 1.92. The Kier molecular flexibility index (Phi) is 6.15. The molecule has 0 bridgehead atoms. The normalized spacial score (nSPS) is 11.0. The predicted molar refractivity (Wildman–Crippen MR) is 135 cm³/mol. The number of thioether (sulfide) groups is 1. The Hall–Kier alpha value is -4.24. The largest absolute Gasteiger partial charge is 0.497 e. The van der Waals surface area contributed by atoms with Gasteiger partial charge in [0.25, 0.3) is 5.56 Å². The quantitative estimate of drug-likeness (QED) is 0.146. The Labute approximate surface area is 204 Å². The minimum Gasteiger partial charge on any atom is -0.497 e. The number of carbonyl (C=O) groups excluding carboxylic acids is 1. The summed E-state index contributed by atoms with van der Waals surface area (Å²) in [4.78, 5) is 35.0. The fourth-order valence-electron chi connectivity index (χ4n) is 3.71. The molecule has 5 rings (SSSR count). The van der Waals surface area contributed by atoms with Gasteiger partial charge in [0.2, 0.25) is 0 Å². The van der Waals surface area contributed by atoms with Gasteiger partial charge in [0.1, 0.15) is 11.5 Å². The van der Waals surface area contributed by atoms with Gasteiger partial charge in [-0.1, -0.05) is 54.2 Å². The van der Waals surface area contributed by atoms with Crippen molar-refractivity contribution in [2.24, 2.45) is 0 Å². The van der Waals surface area contributed by atoms with E-state index in [1.54, 1.807) is 37.4 Å². The Morgan fingerprint density at radius 2 is 1.71 bits per heavy atom. The van der Waals surface area contributed by atoms with Gasteiger partial charge in [-0.2, -0.15) is 14.6 Å². The highest BCUT2D eigenvalue weighted by Crippen LogP contribution is 2.28. The number of fused-ring (bicyclic) bond motifs is 3. The second-order valence-corrected chi connectivity index (χ2v) is 8.50. The Balaban J connectivity index is 1.58. The van der Waals surface area contributed by atoms with Gasteiger partial charge in [0.15, 0.2) is 22.3 Å². The lowest BCUT2D eigenvalue weighted by Gasteiger charge is -2.12. The third kappa shape index (κ3) is 4.33. The zero-order valence-electron chi connectivity index (χ0n) is 19.0. The van der Waals surface area contributed by atoms with Crippen LogP contribution in [0.2, 0.25) is 0 Å². The van der Waals surface area contributed by atoms with Gasteiger partial charge in [0, 0.05) is 17.0 Å². The summed E-state index contributed by atoms with van der Waals surface area (Å²) in [5.74, 6) is 0.967. The minimum atomic E-state index is -0.428. The van der Waals surface area contributed by atoms with Crippen molar-refractivity contribution in [1.82, 2.24) is 19.6 Å². The maximum absolute atomic E-state index is 13.1. The predicted octanol–water partition coefficient (Wildman–Crippen LogP) is 4.30. The van der Waals surface area contributed by atoms with Gasteiger partial charge in [-0.05, 0) is 24.3 Å². The van der Waals surface area contributed by atoms with Gasteiger partial charge in [-0.25, -0.2) is 4.98 Å². The average molecular weight is 485 g/mol. The number of methoxy groups -OCH3 is 2. The van der Waals surface area contributed by atoms with Crippen molar-refractivity contribution >= 4 is 34.1 Å². The molecule has 2 aromatic heterocycles. The summed E-state index contributed by atoms with van der Waals surface area (Å²) in [6.45, 7) is 0. The van der Waals surface area contributed by atoms with Crippen molar-refractivity contribution in [2.45, 2.75) is 5.16 Å². The number of Topliss-reactive ketones (excluding diaryl/α,β-unsaturated/α-hetero) is 1. The van der Waals surface area contributed by atoms with E-state index in [1.165, 1.54) is 23.4 Å². The standard InChI is InChI=1S/C26H20N4O4S/c1-33-17-12-13-19(22(14-17)34-2)21(31)15-35-26-27-20-11-7-6-10-18(20)24-28-25(32)23(29-30(24)26)16-8-4-3-5-9-16/h3-14H,15H2,1-2H3. The molecule has 35 heavy (non-hydrogen) atoms. The van der Waals surface area contributed by atoms with Crippen LogP contribution in [0.1, 0.15) is 10.4 Å². The highest BCUT2D eigenvalue weighted by Gasteiger charge is 2.18. The molecule has 0 amide bonds. The molecule has 174 valence electrons. The number of hydrogen-bond acceptors (Lipinski definition) is 8. The van der Waals surface area contributed by atoms with E-state index < -0.39 is 5.56 Å². The molecule has 9 heteroatoms. The maximum atomic E-state index is 13.1. The molecule has 0 saturated carbocycles. The molecular weight excluding hydrogens is 464 g/mol. The summed E-state index contributed by atoms with van der Waals surface area (Å²) in [7, 11) is 3.06. The summed E-state index contributed by atoms with van der Waals surface area (Å²) in [6.07, 6.45) is 0. The van der Waals surface area contributed by atoms with Gasteiger partial charge in [-0.15, -0.1) is 0 Å². The Morgan fingerprint density at radius 3 is 2.49 bits per heavy atom. The monoisotopic (exact) mass is 484 g/mol. The molecule has 0 spiro atoms. The second kappa shape index (κ2) is 9.55. The zero-order chi connectivity index (χ0) is 24.4. The van der Waals surface area contributed by atoms with E-state index >= 15 is 0 Å². The van der Waals surface area contributed by atoms with Crippen LogP contribution in [0, 0.1) is 0 Å². The van der Waals surface area contributed by atoms with Crippen LogP contribution in [0.3, 0.4) is 0 Å². The zero-order valence-corrected chi connectivity index (χ0v) is 19.8. The van der Waals surface area contributed by atoms with Crippen molar-refractivity contribution in [3.63, 3.8) is 0 Å². The van der Waals surface area contributed by atoms with E-state index in [-0.39, 0.29) is 17.2 Å². The molecule has 8 nitrogen and oxygen atoms in total. The minimum absolute atomic E-state index is 0.0810. The van der Waals surface area contributed by atoms with Crippen LogP contribution >= 0.6 is 11.8 Å². The fourth-order valence-corrected chi connectivity index (χ4v) is 4.54. The molecule has 0 aliphatic rings. The molecule has 0 aliphatic heterocycles. The number of para-hydroxylation sites is 1. The van der Waals surface area contributed by atoms with E-state index in [9.17, 15) is 9.59 Å². The lowest BCUT2D eigenvalue weighted by molar-refractivity contribution is 0.101. The number of carbonyl (C=O) groups is 1. The molecule has 2 heterocycles. The summed E-state index contributed by atoms with van der Waals surface area (Å²) >= 11 is 1.22. The number of rotatable bonds is 7. The van der Waals surface area contributed by atoms with Gasteiger partial charge in [0.05, 0.1) is 31.1 Å². The van der Waals surface area contributed by atoms with Crippen molar-refractivity contribution in [3.8, 4) is 22.8 Å². The molecule has 0 atom stereocenters. The molecule has 0 radical (unpaired) electrons. The number of ketones is 1. The van der Waals surface area contributed by atoms with Crippen molar-refractivity contribution in [3.05, 3.63) is 88.7 Å². The lowest BCUT2D eigenvalue weighted by Crippen LogP contribution is -2.18. The van der Waals surface area contributed by atoms with Crippen molar-refractivity contribution < 1.29 is 14.3 Å². The molecule has 0 N–H and O–H groups in total. The first-order valence-corrected chi connectivity index (χ1v) is 11.7. The molecule has 0 saturated heterocycles. The first-order chi connectivity index (χ1) is 17.1. The number of nitrogens with zero attached hydrogens (tertiary/aromatic N) is 4. The number of aromatic nitrogens is 4. The van der Waals surface area contributed by atoms with Crippen LogP contribution in [0.5, 0.6) is 11.5 Å². The topological polar surface area (TPSA) is 95.7 Å². The third-order valence-corrected chi connectivity index (χ3v) is 6.37. The smallest absolute Gasteiger partial charge is 0.300 e. The number of hydrogen-bond donors (Lipinski definition) is 0. The van der Waals surface area contributed by atoms with E-state index in [1.807, 2.05) is 42.5 Å². The Morgan fingerprint density at radius 1 is 0.943 bits per heavy atom. The highest BCUT2D eigenvalue weighted by molar-refractivity contribution is 7.99. The van der Waals surface area contributed by atoms with E-state index in [0.717, 1.165) is 0 Å². The first kappa shape index (κ1) is 22.5. The molecule has 0 unspecified atom stereocenters. The first-order valence-electron chi connectivity index (χ1n) is 10.7. The summed E-state index contributed by atoms with van der Waals surface area (Å²) in [5, 5.41) is 5.75. The molecule has 5 aromatic rings. The van der Waals surface area contributed by atoms with Crippen LogP contribution in [0.15, 0.2) is 82.7 Å². The maximum Gasteiger partial charge on any atom is 0.300 e. The van der Waals surface area contributed by atoms with Crippen molar-refractivity contribution in [1.29, 1.82) is 0 Å². The SMILES string of the molecule is COc1ccc(C(=O)CSc2nc3ccccc3c3nc(=O)c(-c4ccccc4)nn23)c(OC)c1. The summed E-state index contributed by atoms with van der Waals surface area (Å²) in [6, 6.07) is 21.6. The number of benzene rings is 3. The molecule has 0 aliphatic carbocycles. The van der Waals surface area contributed by atoms with E-state index in [2.05, 4.69) is 10.1 Å². The Bertz CT molecular complexity index is 1620. The van der Waals surface area contributed by atoms with E-state index in [4.69, 9.17) is 14.5 Å². The van der Waals surface area contributed by atoms with Crippen LogP contribution < -0.4 is 15.0 Å². The number of ether oxygens (including phenoxy) is 2. The molecule has 0 fully saturated rings.